The molecule has 0 atom stereocenters. The summed E-state index contributed by atoms with van der Waals surface area (Å²) in [4.78, 5) is 12.2. The number of allylic oxidation sites excluding steroid dienone is 1. The predicted octanol–water partition coefficient (Wildman–Crippen LogP) is 4.06. The first-order valence-electron chi connectivity index (χ1n) is 6.24. The number of aliphatic hydroxyl groups is 1. The van der Waals surface area contributed by atoms with Gasteiger partial charge in [-0.1, -0.05) is 18.2 Å². The Labute approximate surface area is 122 Å². The van der Waals surface area contributed by atoms with Gasteiger partial charge in [0.2, 0.25) is 5.78 Å². The van der Waals surface area contributed by atoms with Gasteiger partial charge in [0.15, 0.2) is 5.70 Å². The number of ketones is 1. The standard InChI is InChI=1S/C16H14N2O3/c1-21-14-9-7-12(8-10-14)16(20)15(11-19)18-17-13-5-3-2-4-6-13/h2-11,19H,1H3. The Bertz CT molecular complexity index is 662. The molecule has 0 bridgehead atoms. The van der Waals surface area contributed by atoms with Crippen LogP contribution in [0.5, 0.6) is 5.75 Å². The third-order valence-corrected chi connectivity index (χ3v) is 2.74. The fourth-order valence-electron chi connectivity index (χ4n) is 1.63. The first-order valence-corrected chi connectivity index (χ1v) is 6.24. The van der Waals surface area contributed by atoms with Crippen molar-refractivity contribution >= 4 is 11.5 Å². The van der Waals surface area contributed by atoms with Gasteiger partial charge in [-0.2, -0.15) is 5.11 Å². The summed E-state index contributed by atoms with van der Waals surface area (Å²) < 4.78 is 5.02. The Morgan fingerprint density at radius 2 is 1.76 bits per heavy atom. The number of nitrogens with zero attached hydrogens (tertiary/aromatic N) is 2. The highest BCUT2D eigenvalue weighted by molar-refractivity contribution is 6.08. The molecule has 106 valence electrons. The van der Waals surface area contributed by atoms with Gasteiger partial charge < -0.3 is 9.84 Å². The van der Waals surface area contributed by atoms with Crippen molar-refractivity contribution in [2.24, 2.45) is 10.2 Å². The Hall–Kier alpha value is -2.95. The zero-order chi connectivity index (χ0) is 15.1. The van der Waals surface area contributed by atoms with Gasteiger partial charge in [0.05, 0.1) is 12.8 Å². The van der Waals surface area contributed by atoms with Crippen molar-refractivity contribution in [3.8, 4) is 5.75 Å². The Kier molecular flexibility index (Phi) is 4.82. The molecule has 2 rings (SSSR count). The first kappa shape index (κ1) is 14.5. The number of carbonyl (C=O) groups is 1. The maximum absolute atomic E-state index is 12.2. The molecule has 1 N–H and O–H groups in total. The summed E-state index contributed by atoms with van der Waals surface area (Å²) in [5.74, 6) is 0.229. The number of hydrogen-bond donors (Lipinski definition) is 1. The molecule has 0 heterocycles. The molecule has 5 nitrogen and oxygen atoms in total. The minimum atomic E-state index is -0.417. The molecule has 0 aromatic heterocycles. The van der Waals surface area contributed by atoms with Crippen LogP contribution in [0.3, 0.4) is 0 Å². The highest BCUT2D eigenvalue weighted by atomic mass is 16.5. The fourth-order valence-corrected chi connectivity index (χ4v) is 1.63. The normalized spacial score (nSPS) is 11.6. The van der Waals surface area contributed by atoms with E-state index in [-0.39, 0.29) is 5.70 Å². The molecule has 0 saturated heterocycles. The van der Waals surface area contributed by atoms with E-state index in [0.717, 1.165) is 0 Å². The van der Waals surface area contributed by atoms with Crippen LogP contribution in [0.25, 0.3) is 0 Å². The fraction of sp³-hybridized carbons (Fsp3) is 0.0625. The lowest BCUT2D eigenvalue weighted by atomic mass is 10.1. The lowest BCUT2D eigenvalue weighted by Gasteiger charge is -2.02. The maximum Gasteiger partial charge on any atom is 0.216 e. The summed E-state index contributed by atoms with van der Waals surface area (Å²) in [6.07, 6.45) is 0.652. The van der Waals surface area contributed by atoms with Gasteiger partial charge >= 0.3 is 0 Å². The van der Waals surface area contributed by atoms with Crippen molar-refractivity contribution in [3.63, 3.8) is 0 Å². The molecule has 0 amide bonds. The van der Waals surface area contributed by atoms with Crippen LogP contribution in [0.4, 0.5) is 5.69 Å². The molecule has 2 aromatic carbocycles. The van der Waals surface area contributed by atoms with Crippen molar-refractivity contribution < 1.29 is 14.6 Å². The van der Waals surface area contributed by atoms with Gasteiger partial charge in [-0.15, -0.1) is 5.11 Å². The molecule has 0 radical (unpaired) electrons. The van der Waals surface area contributed by atoms with Crippen LogP contribution in [-0.2, 0) is 0 Å². The van der Waals surface area contributed by atoms with E-state index in [1.807, 2.05) is 18.2 Å². The minimum absolute atomic E-state index is 0.135. The van der Waals surface area contributed by atoms with Gasteiger partial charge in [0, 0.05) is 5.56 Å². The third kappa shape index (κ3) is 3.76. The van der Waals surface area contributed by atoms with E-state index in [4.69, 9.17) is 4.74 Å². The highest BCUT2D eigenvalue weighted by Gasteiger charge is 2.12. The number of Topliss-reactive ketones (excluding diaryl/α,β-unsaturated/α-hetero) is 1. The van der Waals surface area contributed by atoms with Crippen molar-refractivity contribution in [2.75, 3.05) is 7.11 Å². The predicted molar refractivity (Wildman–Crippen MR) is 79.0 cm³/mol. The third-order valence-electron chi connectivity index (χ3n) is 2.74. The molecule has 0 aliphatic rings. The molecule has 0 saturated carbocycles. The van der Waals surface area contributed by atoms with Crippen LogP contribution in [0.2, 0.25) is 0 Å². The second kappa shape index (κ2) is 7.00. The van der Waals surface area contributed by atoms with E-state index in [0.29, 0.717) is 23.3 Å². The number of rotatable bonds is 5. The van der Waals surface area contributed by atoms with E-state index >= 15 is 0 Å². The SMILES string of the molecule is COc1ccc(C(=O)C(=CO)N=Nc2ccccc2)cc1. The summed E-state index contributed by atoms with van der Waals surface area (Å²) >= 11 is 0. The number of azo groups is 1. The van der Waals surface area contributed by atoms with Crippen LogP contribution >= 0.6 is 0 Å². The molecule has 0 aliphatic heterocycles. The number of aliphatic hydroxyl groups excluding tert-OH is 1. The zero-order valence-electron chi connectivity index (χ0n) is 11.4. The molecule has 2 aromatic rings. The topological polar surface area (TPSA) is 71.2 Å². The lowest BCUT2D eigenvalue weighted by molar-refractivity contribution is 0.102. The van der Waals surface area contributed by atoms with Gasteiger partial charge in [-0.25, -0.2) is 0 Å². The number of ether oxygens (including phenoxy) is 1. The second-order valence-electron chi connectivity index (χ2n) is 4.11. The molecule has 0 fully saturated rings. The summed E-state index contributed by atoms with van der Waals surface area (Å²) in [7, 11) is 1.55. The Morgan fingerprint density at radius 1 is 1.10 bits per heavy atom. The van der Waals surface area contributed by atoms with Crippen molar-refractivity contribution in [1.82, 2.24) is 0 Å². The van der Waals surface area contributed by atoms with Crippen LogP contribution in [0.15, 0.2) is 76.8 Å². The van der Waals surface area contributed by atoms with Gasteiger partial charge in [0.1, 0.15) is 12.0 Å². The Balaban J connectivity index is 2.17. The van der Waals surface area contributed by atoms with Crippen LogP contribution < -0.4 is 4.74 Å². The van der Waals surface area contributed by atoms with E-state index in [9.17, 15) is 9.90 Å². The molecule has 21 heavy (non-hydrogen) atoms. The smallest absolute Gasteiger partial charge is 0.216 e. The molecule has 0 spiro atoms. The lowest BCUT2D eigenvalue weighted by Crippen LogP contribution is -2.01. The molecular formula is C16H14N2O3. The number of hydrogen-bond acceptors (Lipinski definition) is 5. The van der Waals surface area contributed by atoms with E-state index in [1.165, 1.54) is 0 Å². The summed E-state index contributed by atoms with van der Waals surface area (Å²) in [5.41, 5.74) is 0.853. The van der Waals surface area contributed by atoms with Gasteiger partial charge in [0.25, 0.3) is 0 Å². The van der Waals surface area contributed by atoms with E-state index in [2.05, 4.69) is 10.2 Å². The molecule has 0 aliphatic carbocycles. The Morgan fingerprint density at radius 3 is 2.33 bits per heavy atom. The molecule has 5 heteroatoms. The minimum Gasteiger partial charge on any atom is -0.513 e. The van der Waals surface area contributed by atoms with Crippen LogP contribution in [0.1, 0.15) is 10.4 Å². The average Bonchev–Trinajstić information content (AvgIpc) is 2.56. The average molecular weight is 282 g/mol. The van der Waals surface area contributed by atoms with Crippen LogP contribution in [-0.4, -0.2) is 18.0 Å². The number of carbonyl (C=O) groups excluding carboxylic acids is 1. The molecular weight excluding hydrogens is 268 g/mol. The second-order valence-corrected chi connectivity index (χ2v) is 4.11. The van der Waals surface area contributed by atoms with Crippen LogP contribution in [0, 0.1) is 0 Å². The number of benzene rings is 2. The van der Waals surface area contributed by atoms with E-state index < -0.39 is 5.78 Å². The van der Waals surface area contributed by atoms with Crippen molar-refractivity contribution in [1.29, 1.82) is 0 Å². The zero-order valence-corrected chi connectivity index (χ0v) is 11.4. The summed E-state index contributed by atoms with van der Waals surface area (Å²) in [6, 6.07) is 15.5. The number of methoxy groups -OCH3 is 1. The summed E-state index contributed by atoms with van der Waals surface area (Å²) in [5, 5.41) is 16.9. The van der Waals surface area contributed by atoms with Gasteiger partial charge in [-0.3, -0.25) is 4.79 Å². The first-order chi connectivity index (χ1) is 10.2. The van der Waals surface area contributed by atoms with E-state index in [1.54, 1.807) is 43.5 Å². The maximum atomic E-state index is 12.2. The highest BCUT2D eigenvalue weighted by Crippen LogP contribution is 2.17. The summed E-state index contributed by atoms with van der Waals surface area (Å²) in [6.45, 7) is 0. The monoisotopic (exact) mass is 282 g/mol. The van der Waals surface area contributed by atoms with Crippen molar-refractivity contribution in [3.05, 3.63) is 72.1 Å². The quantitative estimate of drug-likeness (QED) is 0.389. The van der Waals surface area contributed by atoms with Gasteiger partial charge in [-0.05, 0) is 36.4 Å². The molecule has 0 unspecified atom stereocenters. The van der Waals surface area contributed by atoms with Crippen molar-refractivity contribution in [2.45, 2.75) is 0 Å². The largest absolute Gasteiger partial charge is 0.513 e.